The van der Waals surface area contributed by atoms with Gasteiger partial charge in [-0.15, -0.1) is 0 Å². The van der Waals surface area contributed by atoms with E-state index in [-0.39, 0.29) is 18.3 Å². The average molecular weight is 596 g/mol. The molecule has 0 heterocycles. The maximum Gasteiger partial charge on any atom is 0.408 e. The van der Waals surface area contributed by atoms with Crippen LogP contribution < -0.4 is 15.4 Å². The van der Waals surface area contributed by atoms with Gasteiger partial charge >= 0.3 is 6.09 Å². The van der Waals surface area contributed by atoms with Crippen LogP contribution in [0.25, 0.3) is 0 Å². The molecule has 0 saturated carbocycles. The second-order valence-corrected chi connectivity index (χ2v) is 12.6. The van der Waals surface area contributed by atoms with Crippen molar-refractivity contribution in [3.8, 4) is 0 Å². The Hall–Kier alpha value is -3.89. The summed E-state index contributed by atoms with van der Waals surface area (Å²) in [6, 6.07) is 23.7. The van der Waals surface area contributed by atoms with Crippen LogP contribution in [0.1, 0.15) is 56.4 Å². The number of amides is 2. The number of hydrogen-bond acceptors (Lipinski definition) is 6. The molecule has 3 atom stereocenters. The summed E-state index contributed by atoms with van der Waals surface area (Å²) >= 11 is 0. The summed E-state index contributed by atoms with van der Waals surface area (Å²) in [6.45, 7) is 5.52. The van der Waals surface area contributed by atoms with Gasteiger partial charge in [-0.05, 0) is 60.9 Å². The molecule has 42 heavy (non-hydrogen) atoms. The minimum Gasteiger partial charge on any atom is -0.445 e. The highest BCUT2D eigenvalue weighted by molar-refractivity contribution is 7.92. The zero-order valence-electron chi connectivity index (χ0n) is 24.3. The van der Waals surface area contributed by atoms with E-state index in [4.69, 9.17) is 4.74 Å². The van der Waals surface area contributed by atoms with Crippen molar-refractivity contribution >= 4 is 27.7 Å². The van der Waals surface area contributed by atoms with E-state index >= 15 is 0 Å². The fourth-order valence-electron chi connectivity index (χ4n) is 4.44. The van der Waals surface area contributed by atoms with Gasteiger partial charge in [-0.3, -0.25) is 9.52 Å². The van der Waals surface area contributed by atoms with E-state index in [1.165, 1.54) is 0 Å². The molecule has 9 nitrogen and oxygen atoms in total. The van der Waals surface area contributed by atoms with Crippen LogP contribution in [0.3, 0.4) is 0 Å². The highest BCUT2D eigenvalue weighted by Crippen LogP contribution is 2.19. The second kappa shape index (κ2) is 15.9. The Morgan fingerprint density at radius 3 is 2.12 bits per heavy atom. The molecule has 0 aliphatic rings. The Kier molecular flexibility index (Phi) is 12.4. The SMILES string of the molecule is CC(C)C[C@H](NC(=O)OCc1ccccc1)C(=O)N[C@@H](CCc1ccccc1)CS(=O)(=O)Nc1cccc(C(C)O)c1. The largest absolute Gasteiger partial charge is 0.445 e. The molecule has 2 amide bonds. The summed E-state index contributed by atoms with van der Waals surface area (Å²) in [5.41, 5.74) is 2.72. The number of hydrogen-bond donors (Lipinski definition) is 4. The number of rotatable bonds is 15. The number of alkyl carbamates (subject to hydrolysis) is 1. The van der Waals surface area contributed by atoms with Crippen LogP contribution in [0.5, 0.6) is 0 Å². The standard InChI is InChI=1S/C32H41N3O6S/c1-23(2)19-30(34-32(38)41-21-26-13-8-5-9-14-26)31(37)33-29(18-17-25-11-6-4-7-12-25)22-42(39,40)35-28-16-10-15-27(20-28)24(3)36/h4-16,20,23-24,29-30,35-36H,17-19,21-22H2,1-3H3,(H,33,37)(H,34,38)/t24?,29-,30-/m0/s1. The number of aliphatic hydroxyl groups excluding tert-OH is 1. The summed E-state index contributed by atoms with van der Waals surface area (Å²) in [4.78, 5) is 26.0. The molecule has 0 radical (unpaired) electrons. The molecule has 1 unspecified atom stereocenters. The number of ether oxygens (including phenoxy) is 1. The van der Waals surface area contributed by atoms with E-state index in [9.17, 15) is 23.1 Å². The van der Waals surface area contributed by atoms with Crippen molar-refractivity contribution in [2.24, 2.45) is 5.92 Å². The Labute approximate surface area is 248 Å². The van der Waals surface area contributed by atoms with Crippen LogP contribution >= 0.6 is 0 Å². The molecule has 4 N–H and O–H groups in total. The van der Waals surface area contributed by atoms with E-state index in [1.807, 2.05) is 74.5 Å². The maximum atomic E-state index is 13.4. The lowest BCUT2D eigenvalue weighted by Crippen LogP contribution is -2.52. The van der Waals surface area contributed by atoms with Crippen LogP contribution in [-0.2, 0) is 32.6 Å². The molecule has 0 saturated heterocycles. The average Bonchev–Trinajstić information content (AvgIpc) is 2.95. The van der Waals surface area contributed by atoms with Gasteiger partial charge in [0.25, 0.3) is 0 Å². The Morgan fingerprint density at radius 2 is 1.50 bits per heavy atom. The van der Waals surface area contributed by atoms with Gasteiger partial charge in [0.15, 0.2) is 0 Å². The summed E-state index contributed by atoms with van der Waals surface area (Å²) in [7, 11) is -3.90. The molecule has 3 aromatic carbocycles. The zero-order chi connectivity index (χ0) is 30.5. The van der Waals surface area contributed by atoms with Crippen molar-refractivity contribution in [2.45, 2.75) is 64.8 Å². The second-order valence-electron chi connectivity index (χ2n) is 10.8. The normalized spacial score (nSPS) is 13.5. The van der Waals surface area contributed by atoms with E-state index in [0.717, 1.165) is 11.1 Å². The van der Waals surface area contributed by atoms with Crippen molar-refractivity contribution in [1.29, 1.82) is 0 Å². The first kappa shape index (κ1) is 32.6. The summed E-state index contributed by atoms with van der Waals surface area (Å²) in [5.74, 6) is -0.786. The van der Waals surface area contributed by atoms with Gasteiger partial charge < -0.3 is 20.5 Å². The third kappa shape index (κ3) is 11.5. The molecule has 226 valence electrons. The van der Waals surface area contributed by atoms with E-state index in [2.05, 4.69) is 15.4 Å². The number of aliphatic hydroxyl groups is 1. The highest BCUT2D eigenvalue weighted by atomic mass is 32.2. The van der Waals surface area contributed by atoms with Gasteiger partial charge in [0.1, 0.15) is 12.6 Å². The molecule has 3 aromatic rings. The first-order valence-corrected chi connectivity index (χ1v) is 15.8. The molecular formula is C32H41N3O6S. The number of anilines is 1. The quantitative estimate of drug-likeness (QED) is 0.197. The van der Waals surface area contributed by atoms with Crippen LogP contribution in [0.15, 0.2) is 84.9 Å². The third-order valence-corrected chi connectivity index (χ3v) is 7.95. The van der Waals surface area contributed by atoms with Crippen LogP contribution in [0.2, 0.25) is 0 Å². The topological polar surface area (TPSA) is 134 Å². The number of nitrogens with one attached hydrogen (secondary N) is 3. The van der Waals surface area contributed by atoms with Crippen molar-refractivity contribution in [2.75, 3.05) is 10.5 Å². The molecule has 10 heteroatoms. The van der Waals surface area contributed by atoms with E-state index < -0.39 is 40.2 Å². The molecule has 0 aliphatic heterocycles. The predicted octanol–water partition coefficient (Wildman–Crippen LogP) is 4.94. The summed E-state index contributed by atoms with van der Waals surface area (Å²) in [5, 5.41) is 15.4. The Balaban J connectivity index is 1.72. The van der Waals surface area contributed by atoms with Gasteiger partial charge in [0, 0.05) is 11.7 Å². The van der Waals surface area contributed by atoms with Crippen LogP contribution in [-0.4, -0.2) is 43.4 Å². The van der Waals surface area contributed by atoms with Crippen LogP contribution in [0, 0.1) is 5.92 Å². The lowest BCUT2D eigenvalue weighted by molar-refractivity contribution is -0.124. The van der Waals surface area contributed by atoms with E-state index in [1.54, 1.807) is 31.2 Å². The van der Waals surface area contributed by atoms with Gasteiger partial charge in [-0.2, -0.15) is 0 Å². The molecule has 0 aromatic heterocycles. The lowest BCUT2D eigenvalue weighted by Gasteiger charge is -2.25. The monoisotopic (exact) mass is 595 g/mol. The molecule has 3 rings (SSSR count). The number of carbonyl (C=O) groups excluding carboxylic acids is 2. The van der Waals surface area contributed by atoms with Gasteiger partial charge in [0.05, 0.1) is 11.9 Å². The number of sulfonamides is 1. The van der Waals surface area contributed by atoms with Gasteiger partial charge in [-0.25, -0.2) is 13.2 Å². The summed E-state index contributed by atoms with van der Waals surface area (Å²) < 4.78 is 34.3. The first-order chi connectivity index (χ1) is 20.0. The van der Waals surface area contributed by atoms with Gasteiger partial charge in [-0.1, -0.05) is 86.6 Å². The third-order valence-electron chi connectivity index (χ3n) is 6.56. The Morgan fingerprint density at radius 1 is 0.857 bits per heavy atom. The Bertz CT molecular complexity index is 1380. The first-order valence-electron chi connectivity index (χ1n) is 14.1. The molecule has 0 bridgehead atoms. The number of benzene rings is 3. The van der Waals surface area contributed by atoms with Crippen molar-refractivity contribution in [1.82, 2.24) is 10.6 Å². The smallest absolute Gasteiger partial charge is 0.408 e. The minimum atomic E-state index is -3.90. The van der Waals surface area contributed by atoms with Crippen molar-refractivity contribution in [3.05, 3.63) is 102 Å². The molecule has 0 spiro atoms. The number of aryl methyl sites for hydroxylation is 1. The van der Waals surface area contributed by atoms with Crippen molar-refractivity contribution in [3.63, 3.8) is 0 Å². The van der Waals surface area contributed by atoms with Crippen LogP contribution in [0.4, 0.5) is 10.5 Å². The fraction of sp³-hybridized carbons (Fsp3) is 0.375. The molecular weight excluding hydrogens is 554 g/mol. The van der Waals surface area contributed by atoms with Gasteiger partial charge in [0.2, 0.25) is 15.9 Å². The highest BCUT2D eigenvalue weighted by Gasteiger charge is 2.27. The molecule has 0 fully saturated rings. The fourth-order valence-corrected chi connectivity index (χ4v) is 5.79. The van der Waals surface area contributed by atoms with E-state index in [0.29, 0.717) is 30.5 Å². The van der Waals surface area contributed by atoms with Crippen molar-refractivity contribution < 1.29 is 27.9 Å². The molecule has 0 aliphatic carbocycles. The summed E-state index contributed by atoms with van der Waals surface area (Å²) in [6.07, 6.45) is -0.239. The number of carbonyl (C=O) groups is 2. The minimum absolute atomic E-state index is 0.0581. The zero-order valence-corrected chi connectivity index (χ0v) is 25.1. The predicted molar refractivity (Wildman–Crippen MR) is 164 cm³/mol. The maximum absolute atomic E-state index is 13.4. The lowest BCUT2D eigenvalue weighted by atomic mass is 10.0.